The number of aliphatic hydroxyl groups is 3. The van der Waals surface area contributed by atoms with E-state index in [2.05, 4.69) is 5.32 Å². The number of carboxylic acid groups (broad SMARTS) is 2. The highest BCUT2D eigenvalue weighted by molar-refractivity contribution is 6.33. The van der Waals surface area contributed by atoms with Crippen LogP contribution in [-0.4, -0.2) is 72.4 Å². The number of nitrogens with two attached hydrogens (primary N) is 1. The summed E-state index contributed by atoms with van der Waals surface area (Å²) >= 11 is 5.76. The molecule has 0 fully saturated rings. The summed E-state index contributed by atoms with van der Waals surface area (Å²) in [5.74, 6) is -8.03. The number of hydrogen-bond donors (Lipinski definition) is 7. The highest BCUT2D eigenvalue weighted by Crippen LogP contribution is 2.39. The molecular formula is C31H32ClF3N2O9. The molecule has 0 aromatic heterocycles. The van der Waals surface area contributed by atoms with Crippen molar-refractivity contribution in [2.75, 3.05) is 12.3 Å². The van der Waals surface area contributed by atoms with Crippen LogP contribution in [0, 0.1) is 0 Å². The molecule has 0 aliphatic rings. The lowest BCUT2D eigenvalue weighted by Crippen LogP contribution is -2.71. The summed E-state index contributed by atoms with van der Waals surface area (Å²) in [6.45, 7) is 5.19. The second kappa shape index (κ2) is 14.4. The van der Waals surface area contributed by atoms with Crippen LogP contribution in [0.3, 0.4) is 0 Å². The van der Waals surface area contributed by atoms with Crippen LogP contribution in [0.4, 0.5) is 18.9 Å². The number of aliphatic hydroxyl groups excluding tert-OH is 1. The van der Waals surface area contributed by atoms with Crippen LogP contribution in [0.15, 0.2) is 72.8 Å². The van der Waals surface area contributed by atoms with Gasteiger partial charge in [-0.25, -0.2) is 9.59 Å². The van der Waals surface area contributed by atoms with Gasteiger partial charge in [-0.3, -0.25) is 9.59 Å². The van der Waals surface area contributed by atoms with Gasteiger partial charge in [-0.15, -0.1) is 0 Å². The van der Waals surface area contributed by atoms with Crippen molar-refractivity contribution in [1.82, 2.24) is 5.32 Å². The smallest absolute Gasteiger partial charge is 0.418 e. The number of carboxylic acids is 2. The fourth-order valence-electron chi connectivity index (χ4n) is 4.26. The molecule has 3 rings (SSSR count). The van der Waals surface area contributed by atoms with Gasteiger partial charge in [0.2, 0.25) is 11.6 Å². The second-order valence-electron chi connectivity index (χ2n) is 11.0. The number of benzene rings is 3. The summed E-state index contributed by atoms with van der Waals surface area (Å²) in [4.78, 5) is 48.5. The Bertz CT molecular complexity index is 1510. The molecule has 0 saturated heterocycles. The predicted octanol–water partition coefficient (Wildman–Crippen LogP) is 3.75. The monoisotopic (exact) mass is 668 g/mol. The van der Waals surface area contributed by atoms with Gasteiger partial charge < -0.3 is 36.6 Å². The number of carbonyl (C=O) groups is 4. The Kier molecular flexibility index (Phi) is 11.8. The normalized spacial score (nSPS) is 14.9. The van der Waals surface area contributed by atoms with Crippen LogP contribution in [0.2, 0.25) is 5.02 Å². The number of rotatable bonds is 10. The van der Waals surface area contributed by atoms with Crippen molar-refractivity contribution >= 4 is 40.8 Å². The van der Waals surface area contributed by atoms with Crippen molar-refractivity contribution < 1.29 is 57.9 Å². The molecule has 46 heavy (non-hydrogen) atoms. The van der Waals surface area contributed by atoms with Crippen molar-refractivity contribution in [2.24, 2.45) is 0 Å². The van der Waals surface area contributed by atoms with Gasteiger partial charge in [0, 0.05) is 16.7 Å². The first-order valence-electron chi connectivity index (χ1n) is 13.3. The first-order chi connectivity index (χ1) is 21.1. The molecule has 3 aromatic rings. The van der Waals surface area contributed by atoms with Gasteiger partial charge in [-0.05, 0) is 38.5 Å². The Balaban J connectivity index is 0.000000332. The van der Waals surface area contributed by atoms with E-state index in [1.54, 1.807) is 0 Å². The maximum Gasteiger partial charge on any atom is 0.418 e. The zero-order valence-corrected chi connectivity index (χ0v) is 25.4. The number of anilines is 1. The van der Waals surface area contributed by atoms with Crippen LogP contribution in [-0.2, 0) is 15.8 Å². The maximum atomic E-state index is 12.9. The highest BCUT2D eigenvalue weighted by atomic mass is 35.5. The summed E-state index contributed by atoms with van der Waals surface area (Å²) in [5, 5.41) is 52.1. The molecule has 3 atom stereocenters. The first kappa shape index (κ1) is 37.8. The number of hydrogen-bond acceptors (Lipinski definition) is 9. The van der Waals surface area contributed by atoms with E-state index in [1.165, 1.54) is 42.5 Å². The van der Waals surface area contributed by atoms with Gasteiger partial charge in [-0.2, -0.15) is 13.2 Å². The number of carbonyl (C=O) groups excluding carboxylic acids is 2. The lowest BCUT2D eigenvalue weighted by Gasteiger charge is -2.34. The van der Waals surface area contributed by atoms with Crippen molar-refractivity contribution in [1.29, 1.82) is 0 Å². The average molecular weight is 669 g/mol. The van der Waals surface area contributed by atoms with Crippen LogP contribution >= 0.6 is 11.6 Å². The Hall–Kier alpha value is -4.34. The number of halogens is 4. The van der Waals surface area contributed by atoms with E-state index >= 15 is 0 Å². The van der Waals surface area contributed by atoms with Crippen LogP contribution < -0.4 is 11.1 Å². The SMILES string of the molecule is CC(C)(C)NC(CO)c1cc(Cl)c(N)c(C(F)(F)F)c1.O=C(O)C(O)(C(=O)c1ccccc1)C(O)(C(=O)O)C(=O)c1ccccc1. The summed E-state index contributed by atoms with van der Waals surface area (Å²) in [6, 6.07) is 14.4. The average Bonchev–Trinajstić information content (AvgIpc) is 2.99. The van der Waals surface area contributed by atoms with Crippen LogP contribution in [0.5, 0.6) is 0 Å². The molecule has 8 N–H and O–H groups in total. The molecule has 0 heterocycles. The zero-order chi connectivity index (χ0) is 35.3. The second-order valence-corrected chi connectivity index (χ2v) is 11.4. The van der Waals surface area contributed by atoms with E-state index < -0.39 is 69.3 Å². The molecule has 0 aliphatic carbocycles. The lowest BCUT2D eigenvalue weighted by atomic mass is 9.73. The number of nitrogen functional groups attached to an aromatic ring is 1. The standard InChI is InChI=1S/C18H14O8.C13H18ClF3N2O/c19-13(11-7-3-1-4-8-11)17(25,15(21)22)18(26,16(23)24)14(20)12-9-5-2-6-10-12;1-12(2,3)19-10(6-20)7-4-8(13(15,16)17)11(18)9(14)5-7/h1-10,25-26H,(H,21,22)(H,23,24);4-5,10,19-20H,6,18H2,1-3H3. The van der Waals surface area contributed by atoms with Gasteiger partial charge in [0.05, 0.1) is 28.9 Å². The molecule has 0 radical (unpaired) electrons. The van der Waals surface area contributed by atoms with E-state index in [4.69, 9.17) is 17.3 Å². The summed E-state index contributed by atoms with van der Waals surface area (Å²) < 4.78 is 38.7. The third-order valence-electron chi connectivity index (χ3n) is 6.52. The quantitative estimate of drug-likeness (QED) is 0.0940. The summed E-state index contributed by atoms with van der Waals surface area (Å²) in [7, 11) is 0. The van der Waals surface area contributed by atoms with Crippen molar-refractivity contribution in [3.63, 3.8) is 0 Å². The van der Waals surface area contributed by atoms with E-state index in [9.17, 15) is 57.9 Å². The van der Waals surface area contributed by atoms with E-state index in [1.807, 2.05) is 20.8 Å². The topological polar surface area (TPSA) is 207 Å². The van der Waals surface area contributed by atoms with Gasteiger partial charge >= 0.3 is 18.1 Å². The minimum atomic E-state index is -4.59. The number of Topliss-reactive ketones (excluding diaryl/α,β-unsaturated/α-hetero) is 2. The Morgan fingerprint density at radius 1 is 0.804 bits per heavy atom. The van der Waals surface area contributed by atoms with Crippen molar-refractivity contribution in [2.45, 2.75) is 49.7 Å². The Labute approximate surface area is 266 Å². The molecule has 3 unspecified atom stereocenters. The number of nitrogens with one attached hydrogen (secondary N) is 1. The molecule has 0 aliphatic heterocycles. The van der Waals surface area contributed by atoms with Crippen molar-refractivity contribution in [3.8, 4) is 0 Å². The zero-order valence-electron chi connectivity index (χ0n) is 24.7. The molecule has 0 amide bonds. The largest absolute Gasteiger partial charge is 0.479 e. The molecule has 248 valence electrons. The molecule has 15 heteroatoms. The number of alkyl halides is 3. The molecule has 11 nitrogen and oxygen atoms in total. The predicted molar refractivity (Wildman–Crippen MR) is 160 cm³/mol. The Morgan fingerprint density at radius 2 is 1.20 bits per heavy atom. The highest BCUT2D eigenvalue weighted by Gasteiger charge is 2.69. The molecule has 0 saturated carbocycles. The van der Waals surface area contributed by atoms with Crippen molar-refractivity contribution in [3.05, 3.63) is 100 Å². The summed E-state index contributed by atoms with van der Waals surface area (Å²) in [5.41, 5.74) is -4.94. The summed E-state index contributed by atoms with van der Waals surface area (Å²) in [6.07, 6.45) is -4.59. The fraction of sp³-hybridized carbons (Fsp3) is 0.290. The van der Waals surface area contributed by atoms with Gasteiger partial charge in [0.15, 0.2) is 0 Å². The molecule has 0 spiro atoms. The molecule has 3 aromatic carbocycles. The molecule has 0 bridgehead atoms. The number of aliphatic carboxylic acids is 2. The third kappa shape index (κ3) is 8.08. The van der Waals surface area contributed by atoms with Gasteiger partial charge in [0.25, 0.3) is 11.2 Å². The third-order valence-corrected chi connectivity index (χ3v) is 6.83. The van der Waals surface area contributed by atoms with Gasteiger partial charge in [-0.1, -0.05) is 72.3 Å². The fourth-order valence-corrected chi connectivity index (χ4v) is 4.49. The van der Waals surface area contributed by atoms with E-state index in [-0.39, 0.29) is 22.7 Å². The van der Waals surface area contributed by atoms with E-state index in [0.717, 1.165) is 30.3 Å². The van der Waals surface area contributed by atoms with Crippen LogP contribution in [0.25, 0.3) is 0 Å². The minimum absolute atomic E-state index is 0.177. The van der Waals surface area contributed by atoms with E-state index in [0.29, 0.717) is 0 Å². The minimum Gasteiger partial charge on any atom is -0.479 e. The first-order valence-corrected chi connectivity index (χ1v) is 13.7. The Morgan fingerprint density at radius 3 is 1.50 bits per heavy atom. The van der Waals surface area contributed by atoms with Gasteiger partial charge in [0.1, 0.15) is 0 Å². The van der Waals surface area contributed by atoms with Crippen LogP contribution in [0.1, 0.15) is 58.7 Å². The number of ketones is 2. The lowest BCUT2D eigenvalue weighted by molar-refractivity contribution is -0.187. The maximum absolute atomic E-state index is 12.9. The molecular weight excluding hydrogens is 637 g/mol.